The van der Waals surface area contributed by atoms with Crippen LogP contribution in [0.1, 0.15) is 5.56 Å². The highest BCUT2D eigenvalue weighted by molar-refractivity contribution is 6.32. The lowest BCUT2D eigenvalue weighted by Crippen LogP contribution is -2.24. The molecule has 1 unspecified atom stereocenters. The van der Waals surface area contributed by atoms with Crippen LogP contribution in [0.5, 0.6) is 11.5 Å². The van der Waals surface area contributed by atoms with Gasteiger partial charge in [0.25, 0.3) is 0 Å². The molecule has 0 spiro atoms. The Labute approximate surface area is 103 Å². The van der Waals surface area contributed by atoms with E-state index in [2.05, 4.69) is 0 Å². The average Bonchev–Trinajstić information content (AvgIpc) is 2.74. The third-order valence-electron chi connectivity index (χ3n) is 2.47. The van der Waals surface area contributed by atoms with Gasteiger partial charge in [-0.2, -0.15) is 0 Å². The molecule has 1 atom stereocenters. The summed E-state index contributed by atoms with van der Waals surface area (Å²) in [5.41, 5.74) is 0.730. The molecule has 0 aliphatic carbocycles. The van der Waals surface area contributed by atoms with Crippen molar-refractivity contribution in [2.24, 2.45) is 0 Å². The smallest absolute Gasteiger partial charge is 0.333 e. The van der Waals surface area contributed by atoms with Gasteiger partial charge in [-0.05, 0) is 17.7 Å². The van der Waals surface area contributed by atoms with Crippen LogP contribution in [0.3, 0.4) is 0 Å². The molecule has 0 amide bonds. The Balaban J connectivity index is 2.22. The summed E-state index contributed by atoms with van der Waals surface area (Å²) in [7, 11) is 1.35. The first kappa shape index (κ1) is 12.0. The van der Waals surface area contributed by atoms with E-state index < -0.39 is 12.1 Å². The molecule has 0 fully saturated rings. The van der Waals surface area contributed by atoms with Crippen LogP contribution in [0.15, 0.2) is 12.1 Å². The Hall–Kier alpha value is -1.46. The highest BCUT2D eigenvalue weighted by Crippen LogP contribution is 2.40. The fourth-order valence-electron chi connectivity index (χ4n) is 1.62. The Morgan fingerprint density at radius 1 is 1.59 bits per heavy atom. The largest absolute Gasteiger partial charge is 0.479 e. The second kappa shape index (κ2) is 4.81. The van der Waals surface area contributed by atoms with Crippen molar-refractivity contribution in [1.29, 1.82) is 0 Å². The first-order valence-electron chi connectivity index (χ1n) is 4.95. The standard InChI is InChI=1S/C11H11ClO5/c1-15-9(11(13)14)4-6-2-7(12)10-8(3-6)16-5-17-10/h2-3,9H,4-5H2,1H3,(H,13,14). The second-order valence-corrected chi connectivity index (χ2v) is 3.99. The number of methoxy groups -OCH3 is 1. The number of fused-ring (bicyclic) bond motifs is 1. The van der Waals surface area contributed by atoms with Crippen LogP contribution < -0.4 is 9.47 Å². The van der Waals surface area contributed by atoms with Crippen LogP contribution in [0.2, 0.25) is 5.02 Å². The van der Waals surface area contributed by atoms with Gasteiger partial charge >= 0.3 is 5.97 Å². The van der Waals surface area contributed by atoms with Gasteiger partial charge in [0.1, 0.15) is 0 Å². The van der Waals surface area contributed by atoms with Gasteiger partial charge in [0.05, 0.1) is 5.02 Å². The normalized spacial score (nSPS) is 14.7. The molecule has 1 aliphatic rings. The number of benzene rings is 1. The molecule has 1 aromatic rings. The molecule has 6 heteroatoms. The molecule has 92 valence electrons. The monoisotopic (exact) mass is 258 g/mol. The van der Waals surface area contributed by atoms with Crippen molar-refractivity contribution in [3.63, 3.8) is 0 Å². The minimum atomic E-state index is -1.01. The Kier molecular flexibility index (Phi) is 3.40. The summed E-state index contributed by atoms with van der Waals surface area (Å²) in [6.45, 7) is 0.130. The minimum absolute atomic E-state index is 0.130. The van der Waals surface area contributed by atoms with Crippen LogP contribution in [0.4, 0.5) is 0 Å². The first-order chi connectivity index (χ1) is 8.11. The van der Waals surface area contributed by atoms with E-state index in [4.69, 9.17) is 30.9 Å². The van der Waals surface area contributed by atoms with Gasteiger partial charge in [-0.15, -0.1) is 0 Å². The van der Waals surface area contributed by atoms with Crippen LogP contribution in [0.25, 0.3) is 0 Å². The fraction of sp³-hybridized carbons (Fsp3) is 0.364. The number of aliphatic carboxylic acids is 1. The third-order valence-corrected chi connectivity index (χ3v) is 2.75. The highest BCUT2D eigenvalue weighted by atomic mass is 35.5. The van der Waals surface area contributed by atoms with E-state index in [0.717, 1.165) is 5.56 Å². The topological polar surface area (TPSA) is 65.0 Å². The molecule has 5 nitrogen and oxygen atoms in total. The number of rotatable bonds is 4. The SMILES string of the molecule is COC(Cc1cc(Cl)c2c(c1)OCO2)C(=O)O. The van der Waals surface area contributed by atoms with E-state index in [1.807, 2.05) is 0 Å². The van der Waals surface area contributed by atoms with Crippen LogP contribution in [-0.4, -0.2) is 31.1 Å². The van der Waals surface area contributed by atoms with Crippen molar-refractivity contribution in [2.75, 3.05) is 13.9 Å². The van der Waals surface area contributed by atoms with Gasteiger partial charge in [-0.25, -0.2) is 4.79 Å². The van der Waals surface area contributed by atoms with Gasteiger partial charge in [0.2, 0.25) is 6.79 Å². The zero-order chi connectivity index (χ0) is 12.4. The predicted molar refractivity (Wildman–Crippen MR) is 59.7 cm³/mol. The molecule has 0 saturated heterocycles. The van der Waals surface area contributed by atoms with Crippen LogP contribution in [0, 0.1) is 0 Å². The average molecular weight is 259 g/mol. The van der Waals surface area contributed by atoms with Crippen molar-refractivity contribution in [2.45, 2.75) is 12.5 Å². The van der Waals surface area contributed by atoms with Gasteiger partial charge < -0.3 is 19.3 Å². The zero-order valence-electron chi connectivity index (χ0n) is 9.10. The second-order valence-electron chi connectivity index (χ2n) is 3.58. The summed E-state index contributed by atoms with van der Waals surface area (Å²) in [5, 5.41) is 9.30. The van der Waals surface area contributed by atoms with Gasteiger partial charge in [0, 0.05) is 13.5 Å². The van der Waals surface area contributed by atoms with E-state index in [1.165, 1.54) is 7.11 Å². The molecular weight excluding hydrogens is 248 g/mol. The molecule has 1 heterocycles. The van der Waals surface area contributed by atoms with Crippen molar-refractivity contribution >= 4 is 17.6 Å². The summed E-state index contributed by atoms with van der Waals surface area (Å²) >= 11 is 5.99. The quantitative estimate of drug-likeness (QED) is 0.891. The summed E-state index contributed by atoms with van der Waals surface area (Å²) < 4.78 is 15.2. The van der Waals surface area contributed by atoms with E-state index >= 15 is 0 Å². The number of halogens is 1. The molecular formula is C11H11ClO5. The lowest BCUT2D eigenvalue weighted by atomic mass is 10.1. The molecule has 1 aromatic carbocycles. The van der Waals surface area contributed by atoms with Gasteiger partial charge in [0.15, 0.2) is 17.6 Å². The number of carbonyl (C=O) groups is 1. The minimum Gasteiger partial charge on any atom is -0.479 e. The fourth-order valence-corrected chi connectivity index (χ4v) is 1.91. The zero-order valence-corrected chi connectivity index (χ0v) is 9.86. The maximum Gasteiger partial charge on any atom is 0.333 e. The van der Waals surface area contributed by atoms with E-state index in [0.29, 0.717) is 16.5 Å². The third kappa shape index (κ3) is 2.45. The van der Waals surface area contributed by atoms with Crippen LogP contribution >= 0.6 is 11.6 Å². The van der Waals surface area contributed by atoms with E-state index in [-0.39, 0.29) is 13.2 Å². The summed E-state index contributed by atoms with van der Waals surface area (Å²) in [4.78, 5) is 10.8. The first-order valence-corrected chi connectivity index (χ1v) is 5.33. The summed E-state index contributed by atoms with van der Waals surface area (Å²) in [5.74, 6) is 0.0220. The highest BCUT2D eigenvalue weighted by Gasteiger charge is 2.22. The van der Waals surface area contributed by atoms with Crippen molar-refractivity contribution in [1.82, 2.24) is 0 Å². The van der Waals surface area contributed by atoms with E-state index in [1.54, 1.807) is 12.1 Å². The Morgan fingerprint density at radius 3 is 3.00 bits per heavy atom. The number of ether oxygens (including phenoxy) is 3. The molecule has 0 radical (unpaired) electrons. The van der Waals surface area contributed by atoms with Gasteiger partial charge in [-0.1, -0.05) is 11.6 Å². The molecule has 17 heavy (non-hydrogen) atoms. The predicted octanol–water partition coefficient (Wildman–Crippen LogP) is 1.71. The maximum atomic E-state index is 10.8. The molecule has 0 aromatic heterocycles. The molecule has 0 saturated carbocycles. The lowest BCUT2D eigenvalue weighted by Gasteiger charge is -2.11. The van der Waals surface area contributed by atoms with Crippen molar-refractivity contribution < 1.29 is 24.1 Å². The maximum absolute atomic E-state index is 10.8. The van der Waals surface area contributed by atoms with E-state index in [9.17, 15) is 4.79 Å². The van der Waals surface area contributed by atoms with Crippen molar-refractivity contribution in [3.8, 4) is 11.5 Å². The molecule has 0 bridgehead atoms. The number of carboxylic acid groups (broad SMARTS) is 1. The summed E-state index contributed by atoms with van der Waals surface area (Å²) in [6.07, 6.45) is -0.672. The molecule has 1 aliphatic heterocycles. The summed E-state index contributed by atoms with van der Waals surface area (Å²) in [6, 6.07) is 3.37. The molecule has 1 N–H and O–H groups in total. The Bertz CT molecular complexity index is 446. The number of hydrogen-bond donors (Lipinski definition) is 1. The molecule has 2 rings (SSSR count). The van der Waals surface area contributed by atoms with Crippen LogP contribution in [-0.2, 0) is 16.0 Å². The number of hydrogen-bond acceptors (Lipinski definition) is 4. The lowest BCUT2D eigenvalue weighted by molar-refractivity contribution is -0.148. The number of carboxylic acids is 1. The van der Waals surface area contributed by atoms with Gasteiger partial charge in [-0.3, -0.25) is 0 Å². The Morgan fingerprint density at radius 2 is 2.35 bits per heavy atom. The van der Waals surface area contributed by atoms with Crippen molar-refractivity contribution in [3.05, 3.63) is 22.7 Å².